The van der Waals surface area contributed by atoms with Crippen LogP contribution in [0.1, 0.15) is 195 Å². The van der Waals surface area contributed by atoms with Crippen LogP contribution in [0.2, 0.25) is 0 Å². The van der Waals surface area contributed by atoms with E-state index in [0.29, 0.717) is 38.5 Å². The molecule has 3 heterocycles. The van der Waals surface area contributed by atoms with Crippen molar-refractivity contribution in [3.05, 3.63) is 0 Å². The van der Waals surface area contributed by atoms with Crippen LogP contribution >= 0.6 is 0 Å². The molecular weight excluding hydrogens is 1080 g/mol. The topological polar surface area (TPSA) is 319 Å². The van der Waals surface area contributed by atoms with Gasteiger partial charge in [-0.2, -0.15) is 14.7 Å². The molecule has 25 nitrogen and oxygen atoms in total. The minimum Gasteiger partial charge on any atom is -0.460 e. The summed E-state index contributed by atoms with van der Waals surface area (Å²) in [5, 5.41) is 48.3. The predicted octanol–water partition coefficient (Wildman–Crippen LogP) is 5.20. The minimum atomic E-state index is -1.83. The molecule has 3 fully saturated rings. The molecule has 476 valence electrons. The van der Waals surface area contributed by atoms with E-state index >= 15 is 0 Å². The second kappa shape index (κ2) is 42.3. The van der Waals surface area contributed by atoms with Crippen LogP contribution in [0.5, 0.6) is 0 Å². The third kappa shape index (κ3) is 30.0. The number of amides is 1. The number of rotatable bonds is 44. The molecule has 14 atom stereocenters. The van der Waals surface area contributed by atoms with Gasteiger partial charge in [0, 0.05) is 53.5 Å². The first-order chi connectivity index (χ1) is 39.3. The number of esters is 1. The van der Waals surface area contributed by atoms with Gasteiger partial charge in [-0.15, -0.1) is 0 Å². The lowest BCUT2D eigenvalue weighted by Crippen LogP contribution is -2.63. The third-order valence-electron chi connectivity index (χ3n) is 14.2. The van der Waals surface area contributed by atoms with Crippen LogP contribution in [0, 0.1) is 0 Å². The summed E-state index contributed by atoms with van der Waals surface area (Å²) in [5.41, 5.74) is 0. The molecule has 0 aromatic rings. The fraction of sp³-hybridized carbons (Fsp3) is 0.895. The smallest absolute Gasteiger partial charge is 0.339 e. The van der Waals surface area contributed by atoms with Crippen molar-refractivity contribution in [2.75, 3.05) is 47.0 Å². The van der Waals surface area contributed by atoms with Gasteiger partial charge in [0.25, 0.3) is 0 Å². The van der Waals surface area contributed by atoms with Crippen molar-refractivity contribution in [3.63, 3.8) is 0 Å². The third-order valence-corrected chi connectivity index (χ3v) is 14.2. The van der Waals surface area contributed by atoms with E-state index in [1.54, 1.807) is 0 Å². The summed E-state index contributed by atoms with van der Waals surface area (Å²) >= 11 is 0. The van der Waals surface area contributed by atoms with Crippen molar-refractivity contribution < 1.29 is 112 Å². The maximum absolute atomic E-state index is 12.7. The summed E-state index contributed by atoms with van der Waals surface area (Å²) < 4.78 is 41.3. The number of aliphatic hydroxyl groups excluding tert-OH is 4. The van der Waals surface area contributed by atoms with Gasteiger partial charge in [-0.1, -0.05) is 96.8 Å². The van der Waals surface area contributed by atoms with Crippen molar-refractivity contribution in [1.82, 2.24) is 10.2 Å². The fourth-order valence-corrected chi connectivity index (χ4v) is 9.79. The van der Waals surface area contributed by atoms with Gasteiger partial charge in [0.15, 0.2) is 37.2 Å². The van der Waals surface area contributed by atoms with Crippen LogP contribution in [0.25, 0.3) is 0 Å². The number of carbonyl (C=O) groups excluding carboxylic acids is 6. The molecule has 5 N–H and O–H groups in total. The summed E-state index contributed by atoms with van der Waals surface area (Å²) in [4.78, 5) is 104. The molecule has 82 heavy (non-hydrogen) atoms. The van der Waals surface area contributed by atoms with Crippen LogP contribution in [0.3, 0.4) is 0 Å². The van der Waals surface area contributed by atoms with E-state index in [2.05, 4.69) is 41.0 Å². The average molecular weight is 1180 g/mol. The molecule has 1 amide bonds. The van der Waals surface area contributed by atoms with Crippen LogP contribution in [0.4, 0.5) is 0 Å². The minimum absolute atomic E-state index is 0.162. The Morgan fingerprint density at radius 2 is 1.01 bits per heavy atom. The van der Waals surface area contributed by atoms with Gasteiger partial charge in [-0.3, -0.25) is 29.0 Å². The van der Waals surface area contributed by atoms with Crippen LogP contribution in [-0.2, 0) is 91.3 Å². The Hall–Kier alpha value is -3.54. The standard InChI is InChI=1S/C57H100N2O23/c1-8-9-10-23-31-45(44(73-38(2)60)30-24-20-19-22-29-42(64)28-21-17-15-13-11-12-14-16-18-25-32-48(66)58-33-26-27-34-59(6)7)74-55-50(68)49(67)46(36-71-55)75-56-51(69)52(43(65)35-70-56)76-57-54(82-79-41(5)63)53(81-78-40(4)62)47(37-72-57)80-77-39(3)61/h43-47,49-57,65,67-69H,8-37H2,1-7H3,(H,58,66)/t43-,44+,45-,46-,47-,49-,50+,51+,52-,53-,54+,55-,56-,57-/m0/s1. The maximum Gasteiger partial charge on any atom is 0.339 e. The number of nitrogens with zero attached hydrogens (tertiary/aromatic N) is 1. The normalized spacial score (nSPS) is 26.4. The number of nitrogens with one attached hydrogen (secondary N) is 1. The molecule has 3 aliphatic heterocycles. The Bertz CT molecular complexity index is 1800. The van der Waals surface area contributed by atoms with Gasteiger partial charge in [0.1, 0.15) is 48.5 Å². The molecule has 0 bridgehead atoms. The van der Waals surface area contributed by atoms with E-state index in [1.807, 2.05) is 0 Å². The van der Waals surface area contributed by atoms with Gasteiger partial charge >= 0.3 is 23.9 Å². The zero-order chi connectivity index (χ0) is 60.2. The Morgan fingerprint density at radius 1 is 0.500 bits per heavy atom. The average Bonchev–Trinajstić information content (AvgIpc) is 3.46. The quantitative estimate of drug-likeness (QED) is 0.0227. The summed E-state index contributed by atoms with van der Waals surface area (Å²) in [6.07, 6.45) is 2.13. The first-order valence-corrected chi connectivity index (χ1v) is 30.0. The summed E-state index contributed by atoms with van der Waals surface area (Å²) in [6, 6.07) is 0. The molecular formula is C57H100N2O23. The second-order valence-corrected chi connectivity index (χ2v) is 22.0. The van der Waals surface area contributed by atoms with Gasteiger partial charge in [0.2, 0.25) is 5.91 Å². The number of ketones is 1. The first-order valence-electron chi connectivity index (χ1n) is 30.0. The summed E-state index contributed by atoms with van der Waals surface area (Å²) in [7, 11) is 4.11. The van der Waals surface area contributed by atoms with E-state index in [4.69, 9.17) is 52.7 Å². The molecule has 0 spiro atoms. The highest BCUT2D eigenvalue weighted by Crippen LogP contribution is 2.32. The first kappa shape index (κ1) is 72.7. The Kier molecular flexibility index (Phi) is 37.5. The SMILES string of the molecule is CCCCCC[C@H](O[C@@H]1OC[C@H](O[C@@H]2OC[C@H](O)[C@H](O[C@@H]3OC[C@H](OOC(C)=O)[C@H](OOC(C)=O)[C@H]3OOC(C)=O)[C@H]2O)[C@H](O)[C@H]1O)[C@@H](CCCCCCC(=O)CCCCCCCCCCCCC(=O)NCCCCN(C)C)OC(C)=O. The lowest BCUT2D eigenvalue weighted by molar-refractivity contribution is -0.448. The van der Waals surface area contributed by atoms with Gasteiger partial charge in [-0.05, 0) is 72.0 Å². The zero-order valence-corrected chi connectivity index (χ0v) is 49.8. The van der Waals surface area contributed by atoms with Crippen LogP contribution in [0.15, 0.2) is 0 Å². The van der Waals surface area contributed by atoms with Crippen LogP contribution in [-0.4, -0.2) is 194 Å². The molecule has 0 saturated carbocycles. The van der Waals surface area contributed by atoms with Crippen molar-refractivity contribution in [3.8, 4) is 0 Å². The largest absolute Gasteiger partial charge is 0.460 e. The van der Waals surface area contributed by atoms with E-state index in [9.17, 15) is 49.2 Å². The monoisotopic (exact) mass is 1180 g/mol. The Labute approximate surface area is 484 Å². The van der Waals surface area contributed by atoms with Crippen molar-refractivity contribution >= 4 is 35.6 Å². The maximum atomic E-state index is 12.7. The molecule has 0 aromatic carbocycles. The molecule has 0 unspecified atom stereocenters. The van der Waals surface area contributed by atoms with Gasteiger partial charge in [0.05, 0.1) is 25.9 Å². The number of aliphatic hydroxyl groups is 4. The number of hydrogen-bond acceptors (Lipinski definition) is 24. The molecule has 25 heteroatoms. The molecule has 3 aliphatic rings. The highest BCUT2D eigenvalue weighted by atomic mass is 17.3. The number of unbranched alkanes of at least 4 members (excludes halogenated alkanes) is 16. The summed E-state index contributed by atoms with van der Waals surface area (Å²) in [5.74, 6) is -2.77. The molecule has 0 aromatic heterocycles. The molecule has 3 rings (SSSR count). The molecule has 0 radical (unpaired) electrons. The van der Waals surface area contributed by atoms with Crippen molar-refractivity contribution in [1.29, 1.82) is 0 Å². The Balaban J connectivity index is 1.44. The summed E-state index contributed by atoms with van der Waals surface area (Å²) in [6.45, 7) is 6.95. The van der Waals surface area contributed by atoms with E-state index in [-0.39, 0.29) is 18.3 Å². The van der Waals surface area contributed by atoms with E-state index in [0.717, 1.165) is 130 Å². The Morgan fingerprint density at radius 3 is 1.60 bits per heavy atom. The number of carbonyl (C=O) groups is 6. The number of Topliss-reactive ketones (excluding diaryl/α,β-unsaturated/α-hetero) is 1. The highest BCUT2D eigenvalue weighted by Gasteiger charge is 2.52. The number of ether oxygens (including phenoxy) is 7. The lowest BCUT2D eigenvalue weighted by Gasteiger charge is -2.45. The fourth-order valence-electron chi connectivity index (χ4n) is 9.79. The predicted molar refractivity (Wildman–Crippen MR) is 291 cm³/mol. The lowest BCUT2D eigenvalue weighted by atomic mass is 9.98. The van der Waals surface area contributed by atoms with Crippen LogP contribution < -0.4 is 5.32 Å². The van der Waals surface area contributed by atoms with E-state index in [1.165, 1.54) is 32.6 Å². The van der Waals surface area contributed by atoms with Crippen molar-refractivity contribution in [2.45, 2.75) is 281 Å². The number of hydrogen-bond donors (Lipinski definition) is 5. The van der Waals surface area contributed by atoms with Crippen molar-refractivity contribution in [2.24, 2.45) is 0 Å². The van der Waals surface area contributed by atoms with Gasteiger partial charge < -0.3 is 63.8 Å². The molecule has 0 aliphatic carbocycles. The van der Waals surface area contributed by atoms with E-state index < -0.39 is 123 Å². The highest BCUT2D eigenvalue weighted by molar-refractivity contribution is 5.78. The zero-order valence-electron chi connectivity index (χ0n) is 49.8. The molecule has 3 saturated heterocycles. The van der Waals surface area contributed by atoms with Gasteiger partial charge in [-0.25, -0.2) is 14.4 Å². The second-order valence-electron chi connectivity index (χ2n) is 22.0.